The van der Waals surface area contributed by atoms with Crippen molar-refractivity contribution in [3.63, 3.8) is 0 Å². The van der Waals surface area contributed by atoms with Gasteiger partial charge in [-0.1, -0.05) is 12.1 Å². The second-order valence-corrected chi connectivity index (χ2v) is 6.31. The third-order valence-corrected chi connectivity index (χ3v) is 4.06. The van der Waals surface area contributed by atoms with Crippen LogP contribution in [0.4, 0.5) is 0 Å². The van der Waals surface area contributed by atoms with E-state index in [0.29, 0.717) is 21.3 Å². The van der Waals surface area contributed by atoms with E-state index in [1.807, 2.05) is 0 Å². The molecule has 28 heavy (non-hydrogen) atoms. The van der Waals surface area contributed by atoms with E-state index in [0.717, 1.165) is 0 Å². The SMILES string of the molecule is COc1cc(/C=N/NC(=O)CNC(=O)c2ccccc2Br)ccc1OC(C)=O. The van der Waals surface area contributed by atoms with Crippen LogP contribution in [-0.4, -0.2) is 37.7 Å². The number of hydrazone groups is 1. The lowest BCUT2D eigenvalue weighted by atomic mass is 10.2. The van der Waals surface area contributed by atoms with Gasteiger partial charge in [0.15, 0.2) is 11.5 Å². The van der Waals surface area contributed by atoms with Crippen molar-refractivity contribution in [2.45, 2.75) is 6.92 Å². The number of hydrogen-bond donors (Lipinski definition) is 2. The van der Waals surface area contributed by atoms with Crippen LogP contribution in [0, 0.1) is 0 Å². The highest BCUT2D eigenvalue weighted by atomic mass is 79.9. The molecule has 0 radical (unpaired) electrons. The fourth-order valence-corrected chi connectivity index (χ4v) is 2.59. The molecule has 8 nitrogen and oxygen atoms in total. The van der Waals surface area contributed by atoms with Crippen LogP contribution in [0.1, 0.15) is 22.8 Å². The molecule has 0 bridgehead atoms. The van der Waals surface area contributed by atoms with E-state index in [4.69, 9.17) is 9.47 Å². The summed E-state index contributed by atoms with van der Waals surface area (Å²) in [5, 5.41) is 6.34. The van der Waals surface area contributed by atoms with Gasteiger partial charge in [0.25, 0.3) is 11.8 Å². The first kappa shape index (κ1) is 21.1. The number of carbonyl (C=O) groups is 3. The second kappa shape index (κ2) is 10.2. The predicted molar refractivity (Wildman–Crippen MR) is 107 cm³/mol. The molecule has 2 N–H and O–H groups in total. The number of carbonyl (C=O) groups excluding carboxylic acids is 3. The summed E-state index contributed by atoms with van der Waals surface area (Å²) in [6.07, 6.45) is 1.40. The number of esters is 1. The van der Waals surface area contributed by atoms with Gasteiger partial charge in [0.05, 0.1) is 25.4 Å². The second-order valence-electron chi connectivity index (χ2n) is 5.46. The minimum Gasteiger partial charge on any atom is -0.493 e. The number of nitrogens with zero attached hydrogens (tertiary/aromatic N) is 1. The van der Waals surface area contributed by atoms with Gasteiger partial charge in [0.2, 0.25) is 0 Å². The fourth-order valence-electron chi connectivity index (χ4n) is 2.12. The van der Waals surface area contributed by atoms with Crippen molar-refractivity contribution in [2.24, 2.45) is 5.10 Å². The van der Waals surface area contributed by atoms with Crippen LogP contribution in [0.15, 0.2) is 52.0 Å². The third kappa shape index (κ3) is 6.20. The minimum atomic E-state index is -0.486. The van der Waals surface area contributed by atoms with Gasteiger partial charge in [-0.15, -0.1) is 0 Å². The molecular weight excluding hydrogens is 430 g/mol. The summed E-state index contributed by atoms with van der Waals surface area (Å²) >= 11 is 3.28. The molecule has 2 amide bonds. The number of nitrogens with one attached hydrogen (secondary N) is 2. The molecule has 0 unspecified atom stereocenters. The number of benzene rings is 2. The number of rotatable bonds is 7. The topological polar surface area (TPSA) is 106 Å². The van der Waals surface area contributed by atoms with Crippen LogP contribution in [0.3, 0.4) is 0 Å². The maximum absolute atomic E-state index is 12.0. The van der Waals surface area contributed by atoms with E-state index in [2.05, 4.69) is 31.8 Å². The molecule has 146 valence electrons. The largest absolute Gasteiger partial charge is 0.493 e. The Balaban J connectivity index is 1.88. The molecular formula is C19H18BrN3O5. The first-order chi connectivity index (χ1) is 13.4. The zero-order valence-corrected chi connectivity index (χ0v) is 16.8. The highest BCUT2D eigenvalue weighted by molar-refractivity contribution is 9.10. The molecule has 9 heteroatoms. The Morgan fingerprint density at radius 2 is 1.89 bits per heavy atom. The van der Waals surface area contributed by atoms with Gasteiger partial charge in [-0.3, -0.25) is 14.4 Å². The van der Waals surface area contributed by atoms with Crippen molar-refractivity contribution in [1.29, 1.82) is 0 Å². The smallest absolute Gasteiger partial charge is 0.308 e. The Morgan fingerprint density at radius 3 is 2.57 bits per heavy atom. The molecule has 2 aromatic rings. The van der Waals surface area contributed by atoms with Gasteiger partial charge in [-0.2, -0.15) is 5.10 Å². The molecule has 0 fully saturated rings. The van der Waals surface area contributed by atoms with Crippen molar-refractivity contribution in [2.75, 3.05) is 13.7 Å². The highest BCUT2D eigenvalue weighted by Gasteiger charge is 2.10. The van der Waals surface area contributed by atoms with Crippen LogP contribution in [0.25, 0.3) is 0 Å². The Labute approximate surface area is 170 Å². The molecule has 0 saturated carbocycles. The number of halogens is 1. The highest BCUT2D eigenvalue weighted by Crippen LogP contribution is 2.27. The summed E-state index contributed by atoms with van der Waals surface area (Å²) in [4.78, 5) is 34.9. The summed E-state index contributed by atoms with van der Waals surface area (Å²) in [5.41, 5.74) is 3.36. The maximum Gasteiger partial charge on any atom is 0.308 e. The molecule has 2 aromatic carbocycles. The van der Waals surface area contributed by atoms with Crippen molar-refractivity contribution in [1.82, 2.24) is 10.7 Å². The maximum atomic E-state index is 12.0. The van der Waals surface area contributed by atoms with Crippen molar-refractivity contribution in [3.05, 3.63) is 58.1 Å². The first-order valence-corrected chi connectivity index (χ1v) is 8.91. The lowest BCUT2D eigenvalue weighted by Gasteiger charge is -2.08. The Kier molecular flexibility index (Phi) is 7.70. The minimum absolute atomic E-state index is 0.230. The van der Waals surface area contributed by atoms with Gasteiger partial charge in [0, 0.05) is 11.4 Å². The van der Waals surface area contributed by atoms with E-state index >= 15 is 0 Å². The summed E-state index contributed by atoms with van der Waals surface area (Å²) in [6.45, 7) is 1.06. The standard InChI is InChI=1S/C19H18BrN3O5/c1-12(24)28-16-8-7-13(9-17(16)27-2)10-22-23-18(25)11-21-19(26)14-5-3-4-6-15(14)20/h3-10H,11H2,1-2H3,(H,21,26)(H,23,25)/b22-10+. The van der Waals surface area contributed by atoms with Crippen molar-refractivity contribution in [3.8, 4) is 11.5 Å². The number of methoxy groups -OCH3 is 1. The number of hydrogen-bond acceptors (Lipinski definition) is 6. The molecule has 0 aromatic heterocycles. The average Bonchev–Trinajstić information content (AvgIpc) is 2.67. The summed E-state index contributed by atoms with van der Waals surface area (Å²) in [7, 11) is 1.44. The lowest BCUT2D eigenvalue weighted by Crippen LogP contribution is -2.35. The summed E-state index contributed by atoms with van der Waals surface area (Å²) in [6, 6.07) is 11.7. The van der Waals surface area contributed by atoms with Crippen LogP contribution >= 0.6 is 15.9 Å². The van der Waals surface area contributed by atoms with Gasteiger partial charge in [-0.05, 0) is 51.8 Å². The van der Waals surface area contributed by atoms with Crippen LogP contribution in [0.2, 0.25) is 0 Å². The van der Waals surface area contributed by atoms with Gasteiger partial charge < -0.3 is 14.8 Å². The molecule has 0 heterocycles. The lowest BCUT2D eigenvalue weighted by molar-refractivity contribution is -0.132. The Bertz CT molecular complexity index is 914. The molecule has 0 aliphatic heterocycles. The molecule has 2 rings (SSSR count). The Hall–Kier alpha value is -3.20. The van der Waals surface area contributed by atoms with Crippen molar-refractivity contribution < 1.29 is 23.9 Å². The normalized spacial score (nSPS) is 10.4. The summed E-state index contributed by atoms with van der Waals surface area (Å²) < 4.78 is 10.8. The van der Waals surface area contributed by atoms with E-state index < -0.39 is 11.9 Å². The van der Waals surface area contributed by atoms with Gasteiger partial charge in [-0.25, -0.2) is 5.43 Å². The van der Waals surface area contributed by atoms with Crippen LogP contribution in [0.5, 0.6) is 11.5 Å². The van der Waals surface area contributed by atoms with Crippen LogP contribution < -0.4 is 20.2 Å². The van der Waals surface area contributed by atoms with Gasteiger partial charge in [0.1, 0.15) is 0 Å². The zero-order chi connectivity index (χ0) is 20.5. The monoisotopic (exact) mass is 447 g/mol. The molecule has 0 aliphatic rings. The fraction of sp³-hybridized carbons (Fsp3) is 0.158. The number of amides is 2. The van der Waals surface area contributed by atoms with Gasteiger partial charge >= 0.3 is 5.97 Å². The van der Waals surface area contributed by atoms with E-state index in [9.17, 15) is 14.4 Å². The zero-order valence-electron chi connectivity index (χ0n) is 15.2. The number of ether oxygens (including phenoxy) is 2. The van der Waals surface area contributed by atoms with E-state index in [1.54, 1.807) is 42.5 Å². The van der Waals surface area contributed by atoms with Crippen molar-refractivity contribution >= 4 is 39.9 Å². The predicted octanol–water partition coefficient (Wildman–Crippen LogP) is 2.26. The Morgan fingerprint density at radius 1 is 1.14 bits per heavy atom. The molecule has 0 aliphatic carbocycles. The average molecular weight is 448 g/mol. The summed E-state index contributed by atoms with van der Waals surface area (Å²) in [5.74, 6) is -0.689. The molecule has 0 atom stereocenters. The van der Waals surface area contributed by atoms with Crippen LogP contribution in [-0.2, 0) is 9.59 Å². The third-order valence-electron chi connectivity index (χ3n) is 3.37. The van der Waals surface area contributed by atoms with E-state index in [-0.39, 0.29) is 18.2 Å². The molecule has 0 spiro atoms. The molecule has 0 saturated heterocycles. The van der Waals surface area contributed by atoms with E-state index in [1.165, 1.54) is 20.2 Å². The first-order valence-electron chi connectivity index (χ1n) is 8.11. The quantitative estimate of drug-likeness (QED) is 0.293.